The first-order chi connectivity index (χ1) is 9.70. The highest BCUT2D eigenvalue weighted by molar-refractivity contribution is 5.78. The highest BCUT2D eigenvalue weighted by Gasteiger charge is 2.24. The van der Waals surface area contributed by atoms with Crippen molar-refractivity contribution in [3.05, 3.63) is 0 Å². The molecule has 0 unspecified atom stereocenters. The van der Waals surface area contributed by atoms with Gasteiger partial charge in [0.2, 0.25) is 11.8 Å². The molecular weight excluding hydrogens is 254 g/mol. The second-order valence-corrected chi connectivity index (χ2v) is 5.81. The average molecular weight is 281 g/mol. The Morgan fingerprint density at radius 2 is 1.30 bits per heavy atom. The zero-order valence-corrected chi connectivity index (χ0v) is 12.6. The number of carbonyl (C=O) groups excluding carboxylic acids is 2. The molecule has 0 saturated carbocycles. The molecule has 114 valence electrons. The second-order valence-electron chi connectivity index (χ2n) is 5.81. The molecule has 2 amide bonds. The zero-order valence-electron chi connectivity index (χ0n) is 12.6. The van der Waals surface area contributed by atoms with Gasteiger partial charge in [-0.05, 0) is 32.4 Å². The zero-order chi connectivity index (χ0) is 14.4. The van der Waals surface area contributed by atoms with Crippen molar-refractivity contribution in [2.24, 2.45) is 0 Å². The summed E-state index contributed by atoms with van der Waals surface area (Å²) < 4.78 is 0. The molecule has 20 heavy (non-hydrogen) atoms. The van der Waals surface area contributed by atoms with E-state index < -0.39 is 0 Å². The lowest BCUT2D eigenvalue weighted by Gasteiger charge is -2.35. The summed E-state index contributed by atoms with van der Waals surface area (Å²) in [4.78, 5) is 30.1. The molecule has 0 bridgehead atoms. The molecule has 2 rings (SSSR count). The molecule has 2 heterocycles. The second kappa shape index (κ2) is 7.62. The van der Waals surface area contributed by atoms with Gasteiger partial charge in [-0.25, -0.2) is 0 Å². The third-order valence-corrected chi connectivity index (χ3v) is 4.29. The Morgan fingerprint density at radius 3 is 1.80 bits per heavy atom. The number of hydrogen-bond donors (Lipinski definition) is 0. The fourth-order valence-electron chi connectivity index (χ4n) is 3.00. The molecule has 2 aliphatic rings. The van der Waals surface area contributed by atoms with Crippen LogP contribution in [-0.2, 0) is 9.59 Å². The molecule has 5 nitrogen and oxygen atoms in total. The standard InChI is InChI=1S/C15H27N3O2/c1-2-5-14(19)17-10-12-18(13-11-17)15(20)6-9-16-7-3-4-8-16/h2-13H2,1H3. The molecule has 2 aliphatic heterocycles. The van der Waals surface area contributed by atoms with E-state index in [1.165, 1.54) is 12.8 Å². The van der Waals surface area contributed by atoms with E-state index in [1.807, 2.05) is 16.7 Å². The van der Waals surface area contributed by atoms with Gasteiger partial charge in [0.15, 0.2) is 0 Å². The summed E-state index contributed by atoms with van der Waals surface area (Å²) in [5, 5.41) is 0. The van der Waals surface area contributed by atoms with E-state index in [9.17, 15) is 9.59 Å². The Kier molecular flexibility index (Phi) is 5.83. The molecule has 0 aliphatic carbocycles. The lowest BCUT2D eigenvalue weighted by molar-refractivity contribution is -0.139. The maximum atomic E-state index is 12.2. The van der Waals surface area contributed by atoms with Crippen molar-refractivity contribution < 1.29 is 9.59 Å². The molecule has 0 aromatic carbocycles. The maximum Gasteiger partial charge on any atom is 0.223 e. The van der Waals surface area contributed by atoms with E-state index in [4.69, 9.17) is 0 Å². The van der Waals surface area contributed by atoms with Gasteiger partial charge in [0, 0.05) is 45.6 Å². The third kappa shape index (κ3) is 4.20. The van der Waals surface area contributed by atoms with Crippen molar-refractivity contribution in [1.82, 2.24) is 14.7 Å². The predicted molar refractivity (Wildman–Crippen MR) is 78.4 cm³/mol. The normalized spacial score (nSPS) is 20.4. The number of nitrogens with zero attached hydrogens (tertiary/aromatic N) is 3. The first-order valence-electron chi connectivity index (χ1n) is 7.98. The summed E-state index contributed by atoms with van der Waals surface area (Å²) >= 11 is 0. The third-order valence-electron chi connectivity index (χ3n) is 4.29. The minimum Gasteiger partial charge on any atom is -0.339 e. The maximum absolute atomic E-state index is 12.2. The SMILES string of the molecule is CCCC(=O)N1CCN(C(=O)CCN2CCCC2)CC1. The van der Waals surface area contributed by atoms with Crippen molar-refractivity contribution in [2.75, 3.05) is 45.8 Å². The highest BCUT2D eigenvalue weighted by Crippen LogP contribution is 2.10. The monoisotopic (exact) mass is 281 g/mol. The van der Waals surface area contributed by atoms with Crippen LogP contribution in [0.5, 0.6) is 0 Å². The van der Waals surface area contributed by atoms with Crippen LogP contribution in [0.2, 0.25) is 0 Å². The van der Waals surface area contributed by atoms with E-state index >= 15 is 0 Å². The summed E-state index contributed by atoms with van der Waals surface area (Å²) in [5.41, 5.74) is 0. The Hall–Kier alpha value is -1.10. The minimum atomic E-state index is 0.233. The molecule has 2 fully saturated rings. The largest absolute Gasteiger partial charge is 0.339 e. The van der Waals surface area contributed by atoms with Crippen molar-refractivity contribution in [3.8, 4) is 0 Å². The number of likely N-dealkylation sites (tertiary alicyclic amines) is 1. The van der Waals surface area contributed by atoms with E-state index in [0.29, 0.717) is 39.0 Å². The van der Waals surface area contributed by atoms with Gasteiger partial charge < -0.3 is 14.7 Å². The van der Waals surface area contributed by atoms with Gasteiger partial charge in [0.1, 0.15) is 0 Å². The number of piperazine rings is 1. The molecular formula is C15H27N3O2. The van der Waals surface area contributed by atoms with Gasteiger partial charge in [-0.1, -0.05) is 6.92 Å². The van der Waals surface area contributed by atoms with E-state index in [1.54, 1.807) is 0 Å². The quantitative estimate of drug-likeness (QED) is 0.753. The molecule has 0 atom stereocenters. The van der Waals surface area contributed by atoms with Crippen LogP contribution >= 0.6 is 0 Å². The summed E-state index contributed by atoms with van der Waals surface area (Å²) in [7, 11) is 0. The summed E-state index contributed by atoms with van der Waals surface area (Å²) in [5.74, 6) is 0.483. The lowest BCUT2D eigenvalue weighted by Crippen LogP contribution is -2.50. The lowest BCUT2D eigenvalue weighted by atomic mass is 10.2. The van der Waals surface area contributed by atoms with Crippen LogP contribution in [0.25, 0.3) is 0 Å². The van der Waals surface area contributed by atoms with Crippen LogP contribution in [0.15, 0.2) is 0 Å². The van der Waals surface area contributed by atoms with Crippen molar-refractivity contribution in [3.63, 3.8) is 0 Å². The van der Waals surface area contributed by atoms with Gasteiger partial charge in [-0.2, -0.15) is 0 Å². The van der Waals surface area contributed by atoms with Gasteiger partial charge >= 0.3 is 0 Å². The molecule has 0 aromatic heterocycles. The van der Waals surface area contributed by atoms with Crippen LogP contribution in [-0.4, -0.2) is 72.3 Å². The van der Waals surface area contributed by atoms with E-state index in [-0.39, 0.29) is 11.8 Å². The molecule has 0 N–H and O–H groups in total. The molecule has 2 saturated heterocycles. The molecule has 0 radical (unpaired) electrons. The Morgan fingerprint density at radius 1 is 0.800 bits per heavy atom. The Labute approximate surface area is 121 Å². The molecule has 5 heteroatoms. The van der Waals surface area contributed by atoms with Gasteiger partial charge in [-0.15, -0.1) is 0 Å². The number of hydrogen-bond acceptors (Lipinski definition) is 3. The van der Waals surface area contributed by atoms with Crippen LogP contribution in [0, 0.1) is 0 Å². The topological polar surface area (TPSA) is 43.9 Å². The van der Waals surface area contributed by atoms with Crippen LogP contribution < -0.4 is 0 Å². The Balaban J connectivity index is 1.67. The van der Waals surface area contributed by atoms with Crippen molar-refractivity contribution >= 4 is 11.8 Å². The number of carbonyl (C=O) groups is 2. The predicted octanol–water partition coefficient (Wildman–Crippen LogP) is 0.943. The van der Waals surface area contributed by atoms with Crippen molar-refractivity contribution in [2.45, 2.75) is 39.0 Å². The van der Waals surface area contributed by atoms with Gasteiger partial charge in [0.05, 0.1) is 0 Å². The number of amides is 2. The van der Waals surface area contributed by atoms with Gasteiger partial charge in [0.25, 0.3) is 0 Å². The van der Waals surface area contributed by atoms with Crippen LogP contribution in [0.1, 0.15) is 39.0 Å². The molecule has 0 aromatic rings. The van der Waals surface area contributed by atoms with Crippen LogP contribution in [0.3, 0.4) is 0 Å². The smallest absolute Gasteiger partial charge is 0.223 e. The van der Waals surface area contributed by atoms with Crippen LogP contribution in [0.4, 0.5) is 0 Å². The van der Waals surface area contributed by atoms with E-state index in [2.05, 4.69) is 4.90 Å². The van der Waals surface area contributed by atoms with Gasteiger partial charge in [-0.3, -0.25) is 9.59 Å². The first kappa shape index (κ1) is 15.3. The summed E-state index contributed by atoms with van der Waals surface area (Å²) in [6, 6.07) is 0. The molecule has 0 spiro atoms. The average Bonchev–Trinajstić information content (AvgIpc) is 2.98. The fraction of sp³-hybridized carbons (Fsp3) is 0.867. The van der Waals surface area contributed by atoms with E-state index in [0.717, 1.165) is 26.1 Å². The summed E-state index contributed by atoms with van der Waals surface area (Å²) in [6.45, 7) is 8.02. The highest BCUT2D eigenvalue weighted by atomic mass is 16.2. The summed E-state index contributed by atoms with van der Waals surface area (Å²) in [6.07, 6.45) is 4.69. The number of rotatable bonds is 5. The van der Waals surface area contributed by atoms with Crippen molar-refractivity contribution in [1.29, 1.82) is 0 Å². The minimum absolute atomic E-state index is 0.233. The Bertz CT molecular complexity index is 332. The first-order valence-corrected chi connectivity index (χ1v) is 7.98. The fourth-order valence-corrected chi connectivity index (χ4v) is 3.00.